The molecule has 0 aromatic rings. The molecule has 0 spiro atoms. The van der Waals surface area contributed by atoms with E-state index in [4.69, 9.17) is 66.5 Å². The third kappa shape index (κ3) is 4.82. The quantitative estimate of drug-likeness (QED) is 0.527. The second-order valence-electron chi connectivity index (χ2n) is 2.04. The third-order valence-electron chi connectivity index (χ3n) is 1.20. The van der Waals surface area contributed by atoms with Crippen molar-refractivity contribution >= 4 is 78.5 Å². The molecule has 0 saturated heterocycles. The monoisotopic (exact) mass is 308 g/mol. The number of hydrogen-bond donors (Lipinski definition) is 0. The van der Waals surface area contributed by atoms with E-state index in [1.54, 1.807) is 0 Å². The van der Waals surface area contributed by atoms with Gasteiger partial charge in [-0.15, -0.1) is 66.5 Å². The molecule has 0 unspecified atom stereocenters. The van der Waals surface area contributed by atoms with Gasteiger partial charge in [-0.05, 0) is 0 Å². The van der Waals surface area contributed by atoms with E-state index >= 15 is 0 Å². The van der Waals surface area contributed by atoms with Crippen LogP contribution in [0.25, 0.3) is 0 Å². The van der Waals surface area contributed by atoms with E-state index in [-0.39, 0.29) is 5.16 Å². The summed E-state index contributed by atoms with van der Waals surface area (Å²) in [5, 5.41) is -0.315. The van der Waals surface area contributed by atoms with Crippen molar-refractivity contribution in [2.45, 2.75) is 18.5 Å². The van der Waals surface area contributed by atoms with Crippen LogP contribution in [0.2, 0.25) is 5.16 Å². The van der Waals surface area contributed by atoms with Crippen LogP contribution in [-0.2, 0) is 0 Å². The van der Waals surface area contributed by atoms with E-state index in [1.807, 2.05) is 6.92 Å². The minimum Gasteiger partial charge on any atom is -0.126 e. The van der Waals surface area contributed by atoms with Crippen LogP contribution < -0.4 is 0 Å². The van der Waals surface area contributed by atoms with Gasteiger partial charge in [0.25, 0.3) is 0 Å². The van der Waals surface area contributed by atoms with Crippen molar-refractivity contribution in [3.05, 3.63) is 0 Å². The highest BCUT2D eigenvalue weighted by Gasteiger charge is 2.50. The topological polar surface area (TPSA) is 0 Å². The molecule has 0 bridgehead atoms. The predicted octanol–water partition coefficient (Wildman–Crippen LogP) is 4.62. The first kappa shape index (κ1) is 13.2. The minimum absolute atomic E-state index is 0.315. The minimum atomic E-state index is -2.84. The van der Waals surface area contributed by atoms with Crippen molar-refractivity contribution < 1.29 is 0 Å². The Morgan fingerprint density at radius 1 is 0.909 bits per heavy atom. The lowest BCUT2D eigenvalue weighted by Gasteiger charge is -2.24. The van der Waals surface area contributed by atoms with Crippen molar-refractivity contribution in [1.82, 2.24) is 0 Å². The van der Waals surface area contributed by atoms with Crippen LogP contribution in [0, 0.1) is 0 Å². The Balaban J connectivity index is 4.43. The summed E-state index contributed by atoms with van der Waals surface area (Å²) in [6.45, 7) is 1.86. The van der Waals surface area contributed by atoms with Gasteiger partial charge in [0.1, 0.15) is 0 Å². The first-order valence-corrected chi connectivity index (χ1v) is 13.1. The summed E-state index contributed by atoms with van der Waals surface area (Å²) < 4.78 is 0. The summed E-state index contributed by atoms with van der Waals surface area (Å²) >= 11 is 34.4. The van der Waals surface area contributed by atoms with Crippen LogP contribution in [0.3, 0.4) is 0 Å². The maximum atomic E-state index is 5.74. The molecule has 0 aliphatic rings. The molecule has 8 heteroatoms. The van der Waals surface area contributed by atoms with Gasteiger partial charge in [-0.25, -0.2) is 0 Å². The third-order valence-corrected chi connectivity index (χ3v) is 14.2. The fourth-order valence-electron chi connectivity index (χ4n) is 0.648. The Labute approximate surface area is 96.3 Å². The van der Waals surface area contributed by atoms with E-state index in [9.17, 15) is 0 Å². The molecule has 68 valence electrons. The lowest BCUT2D eigenvalue weighted by Crippen LogP contribution is -2.34. The van der Waals surface area contributed by atoms with Crippen LogP contribution in [0.1, 0.15) is 13.3 Å². The van der Waals surface area contributed by atoms with Gasteiger partial charge in [-0.3, -0.25) is 0 Å². The predicted molar refractivity (Wildman–Crippen MR) is 60.7 cm³/mol. The molecule has 0 aliphatic heterocycles. The summed E-state index contributed by atoms with van der Waals surface area (Å²) in [7, 11) is 0. The van der Waals surface area contributed by atoms with Gasteiger partial charge in [0.05, 0.1) is 0 Å². The van der Waals surface area contributed by atoms with E-state index in [2.05, 4.69) is 0 Å². The van der Waals surface area contributed by atoms with Crippen LogP contribution >= 0.6 is 66.5 Å². The first-order valence-electron chi connectivity index (χ1n) is 2.83. The van der Waals surface area contributed by atoms with Gasteiger partial charge >= 0.3 is 12.0 Å². The zero-order valence-corrected chi connectivity index (χ0v) is 12.1. The molecule has 0 atom stereocenters. The average molecular weight is 311 g/mol. The maximum Gasteiger partial charge on any atom is 0.345 e. The summed E-state index contributed by atoms with van der Waals surface area (Å²) in [5.41, 5.74) is 0. The molecule has 0 saturated carbocycles. The normalized spacial score (nSPS) is 14.2. The van der Waals surface area contributed by atoms with E-state index < -0.39 is 12.0 Å². The number of halogens is 6. The van der Waals surface area contributed by atoms with Crippen molar-refractivity contribution in [2.75, 3.05) is 0 Å². The lowest BCUT2D eigenvalue weighted by atomic mass is 10.6. The Morgan fingerprint density at radius 3 is 1.18 bits per heavy atom. The van der Waals surface area contributed by atoms with Crippen molar-refractivity contribution in [3.63, 3.8) is 0 Å². The second-order valence-corrected chi connectivity index (χ2v) is 20.4. The van der Waals surface area contributed by atoms with Gasteiger partial charge in [0, 0.05) is 5.16 Å². The van der Waals surface area contributed by atoms with Crippen LogP contribution in [0.15, 0.2) is 0 Å². The summed E-state index contributed by atoms with van der Waals surface area (Å²) in [5.74, 6) is 0. The Kier molecular flexibility index (Phi) is 5.51. The van der Waals surface area contributed by atoms with Gasteiger partial charge in [0.2, 0.25) is 0 Å². The van der Waals surface area contributed by atoms with Crippen molar-refractivity contribution in [1.29, 1.82) is 0 Å². The largest absolute Gasteiger partial charge is 0.345 e. The fraction of sp³-hybridized carbons (Fsp3) is 1.00. The standard InChI is InChI=1S/C3H6Cl6Si2/c1-2-3(10(4,5)6)11(7,8)9/h3H,2H2,1H3. The Morgan fingerprint density at radius 2 is 1.18 bits per heavy atom. The molecule has 0 heterocycles. The molecule has 0 aromatic heterocycles. The molecule has 11 heavy (non-hydrogen) atoms. The maximum absolute atomic E-state index is 5.74. The Hall–Kier alpha value is 2.17. The lowest BCUT2D eigenvalue weighted by molar-refractivity contribution is 1.01. The van der Waals surface area contributed by atoms with Gasteiger partial charge < -0.3 is 0 Å². The smallest absolute Gasteiger partial charge is 0.126 e. The zero-order valence-electron chi connectivity index (χ0n) is 5.55. The molecule has 0 fully saturated rings. The number of hydrogen-bond acceptors (Lipinski definition) is 0. The van der Waals surface area contributed by atoms with Crippen LogP contribution in [0.4, 0.5) is 0 Å². The molecule has 0 aromatic carbocycles. The van der Waals surface area contributed by atoms with E-state index in [0.717, 1.165) is 0 Å². The van der Waals surface area contributed by atoms with E-state index in [1.165, 1.54) is 0 Å². The molecule has 0 rings (SSSR count). The second kappa shape index (κ2) is 4.60. The molecule has 0 N–H and O–H groups in total. The van der Waals surface area contributed by atoms with E-state index in [0.29, 0.717) is 6.42 Å². The molecule has 0 nitrogen and oxygen atoms in total. The number of rotatable bonds is 3. The Bertz CT molecular complexity index is 111. The SMILES string of the molecule is CCC([Si](Cl)(Cl)Cl)[Si](Cl)(Cl)Cl. The van der Waals surface area contributed by atoms with Crippen LogP contribution in [0.5, 0.6) is 0 Å². The van der Waals surface area contributed by atoms with Gasteiger partial charge in [0.15, 0.2) is 0 Å². The molecule has 0 amide bonds. The zero-order chi connectivity index (χ0) is 9.28. The molecule has 0 aliphatic carbocycles. The first-order chi connectivity index (χ1) is 4.69. The molecule has 0 radical (unpaired) electrons. The van der Waals surface area contributed by atoms with Gasteiger partial charge in [-0.1, -0.05) is 13.3 Å². The van der Waals surface area contributed by atoms with Crippen molar-refractivity contribution in [3.8, 4) is 0 Å². The highest BCUT2D eigenvalue weighted by molar-refractivity contribution is 7.75. The summed E-state index contributed by atoms with van der Waals surface area (Å²) in [6.07, 6.45) is 0.617. The fourth-order valence-corrected chi connectivity index (χ4v) is 19.2. The van der Waals surface area contributed by atoms with Crippen molar-refractivity contribution in [2.24, 2.45) is 0 Å². The highest BCUT2D eigenvalue weighted by Crippen LogP contribution is 2.47. The molecular weight excluding hydrogens is 305 g/mol. The highest BCUT2D eigenvalue weighted by atomic mass is 35.8. The summed E-state index contributed by atoms with van der Waals surface area (Å²) in [4.78, 5) is 0. The van der Waals surface area contributed by atoms with Crippen LogP contribution in [-0.4, -0.2) is 12.0 Å². The summed E-state index contributed by atoms with van der Waals surface area (Å²) in [6, 6.07) is -5.68. The average Bonchev–Trinajstić information content (AvgIpc) is 1.56. The molecular formula is C3H6Cl6Si2. The van der Waals surface area contributed by atoms with Gasteiger partial charge in [-0.2, -0.15) is 0 Å².